The number of hydrogen-bond acceptors (Lipinski definition) is 3. The summed E-state index contributed by atoms with van der Waals surface area (Å²) in [5.74, 6) is -0.229. The van der Waals surface area contributed by atoms with Gasteiger partial charge in [0.05, 0.1) is 10.8 Å². The molecule has 0 N–H and O–H groups in total. The summed E-state index contributed by atoms with van der Waals surface area (Å²) >= 11 is 5.78. The van der Waals surface area contributed by atoms with Crippen LogP contribution in [0.15, 0.2) is 18.2 Å². The average molecular weight is 335 g/mol. The molecule has 1 heterocycles. The van der Waals surface area contributed by atoms with Gasteiger partial charge in [0.25, 0.3) is 0 Å². The molecule has 21 heavy (non-hydrogen) atoms. The van der Waals surface area contributed by atoms with Crippen LogP contribution in [0.25, 0.3) is 0 Å². The van der Waals surface area contributed by atoms with Crippen molar-refractivity contribution in [1.82, 2.24) is 4.31 Å². The molecule has 0 aliphatic carbocycles. The lowest BCUT2D eigenvalue weighted by atomic mass is 10.2. The maximum absolute atomic E-state index is 13.2. The number of sulfonamides is 1. The molecule has 0 bridgehead atoms. The molecule has 1 saturated heterocycles. The largest absolute Gasteiger partial charge is 0.369 e. The molecule has 4 nitrogen and oxygen atoms in total. The quantitative estimate of drug-likeness (QED) is 0.831. The molecule has 118 valence electrons. The van der Waals surface area contributed by atoms with Gasteiger partial charge in [0.15, 0.2) is 0 Å². The highest BCUT2D eigenvalue weighted by Gasteiger charge is 2.26. The summed E-state index contributed by atoms with van der Waals surface area (Å²) in [7, 11) is -3.15. The highest BCUT2D eigenvalue weighted by molar-refractivity contribution is 7.89. The first kappa shape index (κ1) is 16.5. The minimum absolute atomic E-state index is 0.0884. The summed E-state index contributed by atoms with van der Waals surface area (Å²) in [5, 5.41) is 0.0884. The molecule has 2 rings (SSSR count). The van der Waals surface area contributed by atoms with E-state index < -0.39 is 15.8 Å². The lowest BCUT2D eigenvalue weighted by Gasteiger charge is -2.35. The second-order valence-corrected chi connectivity index (χ2v) is 7.65. The number of rotatable bonds is 5. The van der Waals surface area contributed by atoms with Crippen LogP contribution in [0.5, 0.6) is 0 Å². The monoisotopic (exact) mass is 334 g/mol. The molecule has 1 aliphatic rings. The molecule has 0 unspecified atom stereocenters. The third-order valence-electron chi connectivity index (χ3n) is 3.66. The van der Waals surface area contributed by atoms with Gasteiger partial charge in [0.1, 0.15) is 5.82 Å². The smallest absolute Gasteiger partial charge is 0.214 e. The van der Waals surface area contributed by atoms with Crippen LogP contribution in [0.4, 0.5) is 10.1 Å². The first-order valence-corrected chi connectivity index (χ1v) is 9.10. The predicted octanol–water partition coefficient (Wildman–Crippen LogP) is 2.73. The van der Waals surface area contributed by atoms with E-state index in [4.69, 9.17) is 11.6 Å². The number of unbranched alkanes of at least 4 members (excludes halogenated alkanes) is 1. The van der Waals surface area contributed by atoms with Crippen LogP contribution in [0.3, 0.4) is 0 Å². The molecule has 0 atom stereocenters. The van der Waals surface area contributed by atoms with Gasteiger partial charge in [-0.15, -0.1) is 0 Å². The van der Waals surface area contributed by atoms with Crippen molar-refractivity contribution in [3.63, 3.8) is 0 Å². The first-order valence-electron chi connectivity index (χ1n) is 7.12. The fourth-order valence-corrected chi connectivity index (χ4v) is 4.17. The van der Waals surface area contributed by atoms with Gasteiger partial charge < -0.3 is 4.90 Å². The van der Waals surface area contributed by atoms with Gasteiger partial charge in [-0.1, -0.05) is 24.9 Å². The number of piperazine rings is 1. The first-order chi connectivity index (χ1) is 9.94. The second kappa shape index (κ2) is 6.94. The van der Waals surface area contributed by atoms with Gasteiger partial charge in [-0.05, 0) is 24.6 Å². The number of hydrogen-bond donors (Lipinski definition) is 0. The zero-order valence-electron chi connectivity index (χ0n) is 12.1. The van der Waals surface area contributed by atoms with Gasteiger partial charge in [-0.2, -0.15) is 4.31 Å². The fraction of sp³-hybridized carbons (Fsp3) is 0.571. The second-order valence-electron chi connectivity index (χ2n) is 5.15. The van der Waals surface area contributed by atoms with E-state index >= 15 is 0 Å². The van der Waals surface area contributed by atoms with Crippen LogP contribution < -0.4 is 4.90 Å². The molecule has 0 radical (unpaired) electrons. The van der Waals surface area contributed by atoms with Gasteiger partial charge in [0.2, 0.25) is 10.0 Å². The summed E-state index contributed by atoms with van der Waals surface area (Å²) in [6, 6.07) is 4.59. The molecular formula is C14H20ClFN2O2S. The van der Waals surface area contributed by atoms with Gasteiger partial charge in [-0.25, -0.2) is 12.8 Å². The van der Waals surface area contributed by atoms with Crippen LogP contribution >= 0.6 is 11.6 Å². The highest BCUT2D eigenvalue weighted by Crippen LogP contribution is 2.24. The molecule has 1 aromatic carbocycles. The van der Waals surface area contributed by atoms with Crippen molar-refractivity contribution in [2.24, 2.45) is 0 Å². The Morgan fingerprint density at radius 3 is 2.48 bits per heavy atom. The van der Waals surface area contributed by atoms with Crippen LogP contribution in [-0.4, -0.2) is 44.7 Å². The normalized spacial score (nSPS) is 17.2. The van der Waals surface area contributed by atoms with Crippen molar-refractivity contribution in [1.29, 1.82) is 0 Å². The third-order valence-corrected chi connectivity index (χ3v) is 5.90. The molecule has 0 aromatic heterocycles. The van der Waals surface area contributed by atoms with Crippen molar-refractivity contribution in [2.45, 2.75) is 19.8 Å². The van der Waals surface area contributed by atoms with Gasteiger partial charge >= 0.3 is 0 Å². The van der Waals surface area contributed by atoms with E-state index in [-0.39, 0.29) is 10.8 Å². The summed E-state index contributed by atoms with van der Waals surface area (Å²) in [6.07, 6.45) is 1.56. The number of anilines is 1. The summed E-state index contributed by atoms with van der Waals surface area (Å²) in [6.45, 7) is 4.08. The predicted molar refractivity (Wildman–Crippen MR) is 83.9 cm³/mol. The molecule has 1 fully saturated rings. The van der Waals surface area contributed by atoms with E-state index in [0.717, 1.165) is 12.1 Å². The third kappa shape index (κ3) is 4.08. The molecule has 0 spiro atoms. The Hall–Kier alpha value is -0.850. The summed E-state index contributed by atoms with van der Waals surface area (Å²) in [4.78, 5) is 2.02. The molecule has 1 aromatic rings. The minimum Gasteiger partial charge on any atom is -0.369 e. The van der Waals surface area contributed by atoms with E-state index in [2.05, 4.69) is 0 Å². The average Bonchev–Trinajstić information content (AvgIpc) is 2.48. The Balaban J connectivity index is 1.98. The number of benzene rings is 1. The van der Waals surface area contributed by atoms with Gasteiger partial charge in [-0.3, -0.25) is 0 Å². The molecule has 0 saturated carbocycles. The maximum Gasteiger partial charge on any atom is 0.214 e. The zero-order valence-corrected chi connectivity index (χ0v) is 13.6. The highest BCUT2D eigenvalue weighted by atomic mass is 35.5. The van der Waals surface area contributed by atoms with Crippen molar-refractivity contribution in [3.05, 3.63) is 29.0 Å². The van der Waals surface area contributed by atoms with Gasteiger partial charge in [0, 0.05) is 31.9 Å². The lowest BCUT2D eigenvalue weighted by molar-refractivity contribution is 0.384. The van der Waals surface area contributed by atoms with Crippen LogP contribution in [0.1, 0.15) is 19.8 Å². The maximum atomic E-state index is 13.2. The minimum atomic E-state index is -3.15. The van der Waals surface area contributed by atoms with E-state index in [0.29, 0.717) is 32.6 Å². The molecule has 7 heteroatoms. The number of halogens is 2. The Kier molecular flexibility index (Phi) is 5.46. The molecule has 1 aliphatic heterocycles. The van der Waals surface area contributed by atoms with E-state index in [1.54, 1.807) is 16.4 Å². The number of nitrogens with zero attached hydrogens (tertiary/aromatic N) is 2. The lowest BCUT2D eigenvalue weighted by Crippen LogP contribution is -2.49. The Bertz CT molecular complexity index is 587. The standard InChI is InChI=1S/C14H20ClFN2O2S/c1-2-3-10-21(19,20)18-8-6-17(7-9-18)12-4-5-14(16)13(15)11-12/h4-5,11H,2-3,6-10H2,1H3. The van der Waals surface area contributed by atoms with Crippen molar-refractivity contribution < 1.29 is 12.8 Å². The Labute approximate surface area is 130 Å². The van der Waals surface area contributed by atoms with Crippen molar-refractivity contribution >= 4 is 27.3 Å². The van der Waals surface area contributed by atoms with E-state index in [1.165, 1.54) is 6.07 Å². The summed E-state index contributed by atoms with van der Waals surface area (Å²) < 4.78 is 39.0. The van der Waals surface area contributed by atoms with Crippen molar-refractivity contribution in [2.75, 3.05) is 36.8 Å². The van der Waals surface area contributed by atoms with Crippen LogP contribution in [-0.2, 0) is 10.0 Å². The molecular weight excluding hydrogens is 315 g/mol. The SMILES string of the molecule is CCCCS(=O)(=O)N1CCN(c2ccc(F)c(Cl)c2)CC1. The fourth-order valence-electron chi connectivity index (χ4n) is 2.36. The van der Waals surface area contributed by atoms with Crippen LogP contribution in [0.2, 0.25) is 5.02 Å². The van der Waals surface area contributed by atoms with E-state index in [1.807, 2.05) is 11.8 Å². The van der Waals surface area contributed by atoms with Crippen molar-refractivity contribution in [3.8, 4) is 0 Å². The Morgan fingerprint density at radius 1 is 1.24 bits per heavy atom. The molecule has 0 amide bonds. The Morgan fingerprint density at radius 2 is 1.90 bits per heavy atom. The zero-order chi connectivity index (χ0) is 15.5. The topological polar surface area (TPSA) is 40.6 Å². The van der Waals surface area contributed by atoms with E-state index in [9.17, 15) is 12.8 Å². The summed E-state index contributed by atoms with van der Waals surface area (Å²) in [5.41, 5.74) is 0.826. The van der Waals surface area contributed by atoms with Crippen LogP contribution in [0, 0.1) is 5.82 Å².